The number of quaternary nitrogens is 1. The third kappa shape index (κ3) is 6.96. The van der Waals surface area contributed by atoms with Crippen LogP contribution in [0.1, 0.15) is 59.6 Å². The number of aryl methyl sites for hydroxylation is 3. The van der Waals surface area contributed by atoms with Crippen LogP contribution in [-0.2, 0) is 11.2 Å². The first-order valence-corrected chi connectivity index (χ1v) is 11.2. The highest BCUT2D eigenvalue weighted by Crippen LogP contribution is 2.31. The second-order valence-electron chi connectivity index (χ2n) is 9.29. The maximum absolute atomic E-state index is 13.9. The van der Waals surface area contributed by atoms with Crippen LogP contribution in [0, 0.1) is 32.4 Å². The van der Waals surface area contributed by atoms with Crippen molar-refractivity contribution in [1.29, 1.82) is 0 Å². The van der Waals surface area contributed by atoms with Crippen LogP contribution in [0.4, 0.5) is 8.78 Å². The van der Waals surface area contributed by atoms with Gasteiger partial charge in [-0.3, -0.25) is 0 Å². The molecule has 1 fully saturated rings. The number of likely N-dealkylation sites (tertiary alicyclic amines) is 1. The number of likely N-dealkylation sites (N-methyl/N-ethyl adjacent to an activating group) is 1. The van der Waals surface area contributed by atoms with Crippen LogP contribution in [-0.4, -0.2) is 37.8 Å². The minimum absolute atomic E-state index is 0. The molecule has 31 heavy (non-hydrogen) atoms. The highest BCUT2D eigenvalue weighted by Gasteiger charge is 2.31. The normalized spacial score (nSPS) is 16.6. The fourth-order valence-corrected chi connectivity index (χ4v) is 5.03. The van der Waals surface area contributed by atoms with Gasteiger partial charge in [-0.1, -0.05) is 23.8 Å². The largest absolute Gasteiger partial charge is 1.00 e. The predicted octanol–water partition coefficient (Wildman–Crippen LogP) is 3.22. The van der Waals surface area contributed by atoms with E-state index in [0.29, 0.717) is 19.4 Å². The van der Waals surface area contributed by atoms with Gasteiger partial charge in [0.15, 0.2) is 0 Å². The van der Waals surface area contributed by atoms with Gasteiger partial charge in [0.05, 0.1) is 20.1 Å². The van der Waals surface area contributed by atoms with Gasteiger partial charge in [0.1, 0.15) is 24.3 Å². The maximum atomic E-state index is 13.9. The molecule has 3 rings (SSSR count). The molecule has 0 aromatic heterocycles. The zero-order valence-electron chi connectivity index (χ0n) is 19.3. The van der Waals surface area contributed by atoms with Crippen molar-refractivity contribution in [3.63, 3.8) is 0 Å². The third-order valence-electron chi connectivity index (χ3n) is 6.51. The van der Waals surface area contributed by atoms with Crippen molar-refractivity contribution in [1.82, 2.24) is 0 Å². The van der Waals surface area contributed by atoms with Crippen molar-refractivity contribution in [2.75, 3.05) is 33.3 Å². The van der Waals surface area contributed by atoms with Gasteiger partial charge in [0.2, 0.25) is 0 Å². The van der Waals surface area contributed by atoms with Crippen LogP contribution < -0.4 is 24.0 Å². The van der Waals surface area contributed by atoms with Gasteiger partial charge < -0.3 is 33.2 Å². The molecular formula is C26H36F2INO. The lowest BCUT2D eigenvalue weighted by Gasteiger charge is -2.40. The van der Waals surface area contributed by atoms with Crippen molar-refractivity contribution < 1.29 is 42.0 Å². The zero-order chi connectivity index (χ0) is 21.7. The Labute approximate surface area is 203 Å². The first-order valence-electron chi connectivity index (χ1n) is 11.2. The summed E-state index contributed by atoms with van der Waals surface area (Å²) in [6.07, 6.45) is 4.80. The van der Waals surface area contributed by atoms with Gasteiger partial charge in [-0.25, -0.2) is 8.78 Å². The van der Waals surface area contributed by atoms with E-state index in [-0.39, 0.29) is 35.6 Å². The van der Waals surface area contributed by atoms with Crippen LogP contribution in [0.25, 0.3) is 0 Å². The molecule has 0 amide bonds. The molecule has 0 radical (unpaired) electrons. The van der Waals surface area contributed by atoms with Gasteiger partial charge >= 0.3 is 0 Å². The molecule has 1 aliphatic rings. The van der Waals surface area contributed by atoms with E-state index in [2.05, 4.69) is 40.0 Å². The Morgan fingerprint density at radius 3 is 2.13 bits per heavy atom. The SMILES string of the molecule is Cc1cc(C)c(C(C[N+]2(C)CCCCC2)OCCCc2c(F)cccc2F)c(C)c1.[I-]. The average molecular weight is 543 g/mol. The molecule has 2 aromatic carbocycles. The lowest BCUT2D eigenvalue weighted by molar-refractivity contribution is -0.917. The lowest BCUT2D eigenvalue weighted by atomic mass is 9.94. The molecule has 0 spiro atoms. The molecule has 0 bridgehead atoms. The van der Waals surface area contributed by atoms with Crippen LogP contribution in [0.3, 0.4) is 0 Å². The molecule has 1 heterocycles. The third-order valence-corrected chi connectivity index (χ3v) is 6.51. The van der Waals surface area contributed by atoms with Crippen molar-refractivity contribution in [2.45, 2.75) is 59.0 Å². The maximum Gasteiger partial charge on any atom is 0.132 e. The predicted molar refractivity (Wildman–Crippen MR) is 119 cm³/mol. The van der Waals surface area contributed by atoms with Crippen molar-refractivity contribution in [2.24, 2.45) is 0 Å². The second-order valence-corrected chi connectivity index (χ2v) is 9.29. The number of ether oxygens (including phenoxy) is 1. The molecule has 0 aliphatic carbocycles. The van der Waals surface area contributed by atoms with Crippen molar-refractivity contribution in [3.05, 3.63) is 69.8 Å². The van der Waals surface area contributed by atoms with Crippen molar-refractivity contribution in [3.8, 4) is 0 Å². The summed E-state index contributed by atoms with van der Waals surface area (Å²) in [5.41, 5.74) is 5.24. The van der Waals surface area contributed by atoms with E-state index in [1.807, 2.05) is 0 Å². The fourth-order valence-electron chi connectivity index (χ4n) is 5.03. The number of hydrogen-bond acceptors (Lipinski definition) is 1. The van der Waals surface area contributed by atoms with Gasteiger partial charge in [0, 0.05) is 12.2 Å². The number of hydrogen-bond donors (Lipinski definition) is 0. The monoisotopic (exact) mass is 543 g/mol. The van der Waals surface area contributed by atoms with E-state index in [9.17, 15) is 8.78 Å². The summed E-state index contributed by atoms with van der Waals surface area (Å²) in [5, 5.41) is 0. The molecule has 5 heteroatoms. The molecule has 1 saturated heterocycles. The van der Waals surface area contributed by atoms with E-state index >= 15 is 0 Å². The molecule has 1 atom stereocenters. The molecule has 2 aromatic rings. The number of benzene rings is 2. The van der Waals surface area contributed by atoms with E-state index < -0.39 is 11.6 Å². The average Bonchev–Trinajstić information content (AvgIpc) is 2.66. The summed E-state index contributed by atoms with van der Waals surface area (Å²) < 4.78 is 35.3. The van der Waals surface area contributed by atoms with E-state index in [0.717, 1.165) is 11.0 Å². The standard InChI is InChI=1S/C26H36F2NO.HI/c1-19-16-20(2)26(21(3)17-19)25(18-29(4)13-6-5-7-14-29)30-15-9-10-22-23(27)11-8-12-24(22)28;/h8,11-12,16-17,25H,5-7,9-10,13-15,18H2,1-4H3;1H/q+1;/p-1. The Morgan fingerprint density at radius 1 is 0.968 bits per heavy atom. The van der Waals surface area contributed by atoms with Crippen LogP contribution in [0.5, 0.6) is 0 Å². The molecule has 0 N–H and O–H groups in total. The van der Waals surface area contributed by atoms with E-state index in [4.69, 9.17) is 4.74 Å². The Balaban J connectivity index is 0.00000341. The summed E-state index contributed by atoms with van der Waals surface area (Å²) in [5.74, 6) is -0.939. The number of nitrogens with zero attached hydrogens (tertiary/aromatic N) is 1. The Bertz CT molecular complexity index is 821. The fraction of sp³-hybridized carbons (Fsp3) is 0.538. The lowest BCUT2D eigenvalue weighted by Crippen LogP contribution is -3.00. The minimum Gasteiger partial charge on any atom is -1.00 e. The summed E-state index contributed by atoms with van der Waals surface area (Å²) in [6.45, 7) is 10.3. The first-order chi connectivity index (χ1) is 14.3. The number of rotatable bonds is 8. The Hall–Kier alpha value is -1.05. The van der Waals surface area contributed by atoms with Gasteiger partial charge in [-0.2, -0.15) is 0 Å². The van der Waals surface area contributed by atoms with Gasteiger partial charge in [0.25, 0.3) is 0 Å². The van der Waals surface area contributed by atoms with Crippen LogP contribution in [0.15, 0.2) is 30.3 Å². The summed E-state index contributed by atoms with van der Waals surface area (Å²) in [4.78, 5) is 0. The highest BCUT2D eigenvalue weighted by molar-refractivity contribution is 5.39. The van der Waals surface area contributed by atoms with Gasteiger partial charge in [-0.15, -0.1) is 0 Å². The van der Waals surface area contributed by atoms with Crippen molar-refractivity contribution >= 4 is 0 Å². The minimum atomic E-state index is -0.469. The van der Waals surface area contributed by atoms with Crippen LogP contribution in [0.2, 0.25) is 0 Å². The Morgan fingerprint density at radius 2 is 1.55 bits per heavy atom. The summed E-state index contributed by atoms with van der Waals surface area (Å²) in [7, 11) is 2.34. The van der Waals surface area contributed by atoms with E-state index in [1.54, 1.807) is 0 Å². The van der Waals surface area contributed by atoms with Crippen LogP contribution >= 0.6 is 0 Å². The molecule has 0 saturated carbocycles. The highest BCUT2D eigenvalue weighted by atomic mass is 127. The first kappa shape index (κ1) is 26.2. The number of halogens is 3. The molecule has 172 valence electrons. The summed E-state index contributed by atoms with van der Waals surface area (Å²) >= 11 is 0. The molecular weight excluding hydrogens is 507 g/mol. The topological polar surface area (TPSA) is 9.23 Å². The quantitative estimate of drug-likeness (QED) is 0.283. The number of piperidine rings is 1. The van der Waals surface area contributed by atoms with E-state index in [1.165, 1.54) is 72.8 Å². The van der Waals surface area contributed by atoms with Gasteiger partial charge in [-0.05, 0) is 81.7 Å². The Kier molecular flexibility index (Phi) is 9.90. The zero-order valence-corrected chi connectivity index (χ0v) is 21.5. The summed E-state index contributed by atoms with van der Waals surface area (Å²) in [6, 6.07) is 8.50. The second kappa shape index (κ2) is 11.7. The molecule has 1 aliphatic heterocycles. The smallest absolute Gasteiger partial charge is 0.132 e. The molecule has 1 unspecified atom stereocenters. The molecule has 2 nitrogen and oxygen atoms in total.